The summed E-state index contributed by atoms with van der Waals surface area (Å²) in [5.74, 6) is -0.733. The summed E-state index contributed by atoms with van der Waals surface area (Å²) < 4.78 is 54.8. The van der Waals surface area contributed by atoms with Gasteiger partial charge in [-0.3, -0.25) is 28.2 Å². The van der Waals surface area contributed by atoms with Gasteiger partial charge in [-0.15, -0.1) is 0 Å². The first-order valence-electron chi connectivity index (χ1n) is 11.4. The van der Waals surface area contributed by atoms with Gasteiger partial charge in [0.05, 0.1) is 13.2 Å². The molecule has 1 aromatic rings. The average Bonchev–Trinajstić information content (AvgIpc) is 3.12. The van der Waals surface area contributed by atoms with Crippen LogP contribution in [0.1, 0.15) is 13.2 Å². The molecule has 2 fully saturated rings. The maximum atomic E-state index is 12.5. The van der Waals surface area contributed by atoms with E-state index in [0.717, 1.165) is 30.9 Å². The molecular weight excluding hydrogens is 592 g/mol. The molecule has 0 radical (unpaired) electrons. The summed E-state index contributed by atoms with van der Waals surface area (Å²) in [6, 6.07) is -0.628. The number of phosphoric acid groups is 2. The lowest BCUT2D eigenvalue weighted by Gasteiger charge is -2.43. The SMILES string of the molecule is COC1C(CO)OC(OP(=O)(O)OP(=O)(O)OCC2OC(n3ccc(=O)[nH]c3=O)C(O)C2O)C(NC(C)=O)C1O. The molecular formula is C18H29N3O17P2. The van der Waals surface area contributed by atoms with Crippen molar-refractivity contribution >= 4 is 21.6 Å². The fraction of sp³-hybridized carbons (Fsp3) is 0.722. The minimum absolute atomic E-state index is 0.733. The molecule has 2 saturated heterocycles. The molecule has 228 valence electrons. The summed E-state index contributed by atoms with van der Waals surface area (Å²) in [6.07, 6.45) is -11.9. The Labute approximate surface area is 224 Å². The predicted octanol–water partition coefficient (Wildman–Crippen LogP) is -4.00. The van der Waals surface area contributed by atoms with E-state index < -0.39 is 101 Å². The molecule has 0 aromatic carbocycles. The number of rotatable bonds is 11. The highest BCUT2D eigenvalue weighted by molar-refractivity contribution is 7.61. The Morgan fingerprint density at radius 3 is 2.35 bits per heavy atom. The van der Waals surface area contributed by atoms with Crippen molar-refractivity contribution in [2.45, 2.75) is 62.1 Å². The first-order valence-corrected chi connectivity index (χ1v) is 14.4. The van der Waals surface area contributed by atoms with Crippen molar-refractivity contribution in [2.24, 2.45) is 0 Å². The zero-order chi connectivity index (χ0) is 30.0. The van der Waals surface area contributed by atoms with E-state index in [-0.39, 0.29) is 0 Å². The highest BCUT2D eigenvalue weighted by atomic mass is 31.3. The van der Waals surface area contributed by atoms with E-state index in [9.17, 15) is 53.7 Å². The van der Waals surface area contributed by atoms with Gasteiger partial charge in [0.2, 0.25) is 5.91 Å². The summed E-state index contributed by atoms with van der Waals surface area (Å²) in [5, 5.41) is 42.7. The Morgan fingerprint density at radius 2 is 1.77 bits per heavy atom. The van der Waals surface area contributed by atoms with Gasteiger partial charge in [-0.25, -0.2) is 13.9 Å². The van der Waals surface area contributed by atoms with Crippen molar-refractivity contribution in [1.29, 1.82) is 0 Å². The second-order valence-corrected chi connectivity index (χ2v) is 11.6. The van der Waals surface area contributed by atoms with Crippen LogP contribution in [-0.4, -0.2) is 115 Å². The number of methoxy groups -OCH3 is 1. The Hall–Kier alpha value is -1.87. The van der Waals surface area contributed by atoms with Crippen LogP contribution in [0.4, 0.5) is 0 Å². The van der Waals surface area contributed by atoms with Gasteiger partial charge >= 0.3 is 21.3 Å². The molecule has 2 aliphatic rings. The van der Waals surface area contributed by atoms with Crippen LogP contribution in [0.2, 0.25) is 0 Å². The number of aromatic amines is 1. The molecule has 1 aromatic heterocycles. The maximum absolute atomic E-state index is 12.5. The third-order valence-electron chi connectivity index (χ3n) is 5.80. The fourth-order valence-electron chi connectivity index (χ4n) is 4.03. The normalized spacial score (nSPS) is 35.5. The molecule has 1 amide bonds. The summed E-state index contributed by atoms with van der Waals surface area (Å²) >= 11 is 0. The highest BCUT2D eigenvalue weighted by Gasteiger charge is 2.51. The van der Waals surface area contributed by atoms with E-state index in [4.69, 9.17) is 18.7 Å². The number of ether oxygens (including phenoxy) is 3. The minimum Gasteiger partial charge on any atom is -0.394 e. The number of carbonyl (C=O) groups is 1. The molecule has 20 nitrogen and oxygen atoms in total. The predicted molar refractivity (Wildman–Crippen MR) is 125 cm³/mol. The van der Waals surface area contributed by atoms with Gasteiger partial charge in [0.15, 0.2) is 12.5 Å². The number of amides is 1. The smallest absolute Gasteiger partial charge is 0.394 e. The van der Waals surface area contributed by atoms with Crippen LogP contribution >= 0.6 is 15.6 Å². The van der Waals surface area contributed by atoms with Crippen molar-refractivity contribution in [3.05, 3.63) is 33.1 Å². The quantitative estimate of drug-likeness (QED) is 0.109. The first kappa shape index (κ1) is 32.6. The van der Waals surface area contributed by atoms with Crippen LogP contribution in [0.15, 0.2) is 21.9 Å². The number of nitrogens with one attached hydrogen (secondary N) is 2. The van der Waals surface area contributed by atoms with Crippen LogP contribution in [0.5, 0.6) is 0 Å². The Morgan fingerprint density at radius 1 is 1.10 bits per heavy atom. The Kier molecular flexibility index (Phi) is 10.6. The number of H-pyrrole nitrogens is 1. The standard InChI is InChI=1S/C18H29N3O17P2/c1-7(23)19-11-13(26)15(33-2)8(5-22)36-17(11)37-40(31,32)38-39(29,30)34-6-9-12(25)14(27)16(35-9)21-4-3-10(24)20-18(21)28/h3-4,8-9,11-17,22,25-27H,5-6H2,1-2H3,(H,19,23)(H,29,30)(H,31,32)(H,20,24,28). The van der Waals surface area contributed by atoms with E-state index in [1.54, 1.807) is 0 Å². The molecule has 0 saturated carbocycles. The summed E-state index contributed by atoms with van der Waals surface area (Å²) in [6.45, 7) is -0.735. The first-order chi connectivity index (χ1) is 18.6. The van der Waals surface area contributed by atoms with Gasteiger partial charge in [0, 0.05) is 26.3 Å². The van der Waals surface area contributed by atoms with Crippen LogP contribution in [0, 0.1) is 0 Å². The molecule has 8 N–H and O–H groups in total. The minimum atomic E-state index is -5.59. The monoisotopic (exact) mass is 621 g/mol. The highest BCUT2D eigenvalue weighted by Crippen LogP contribution is 2.61. The lowest BCUT2D eigenvalue weighted by atomic mass is 9.97. The van der Waals surface area contributed by atoms with Gasteiger partial charge < -0.3 is 49.7 Å². The van der Waals surface area contributed by atoms with Crippen molar-refractivity contribution in [3.63, 3.8) is 0 Å². The number of aromatic nitrogens is 2. The van der Waals surface area contributed by atoms with Crippen molar-refractivity contribution in [3.8, 4) is 0 Å². The fourth-order valence-corrected chi connectivity index (χ4v) is 6.20. The second-order valence-electron chi connectivity index (χ2n) is 8.63. The number of aliphatic hydroxyl groups excluding tert-OH is 4. The topological polar surface area (TPSA) is 295 Å². The summed E-state index contributed by atoms with van der Waals surface area (Å²) in [4.78, 5) is 56.8. The van der Waals surface area contributed by atoms with Crippen LogP contribution in [0.3, 0.4) is 0 Å². The Bertz CT molecular complexity index is 1260. The molecule has 11 atom stereocenters. The van der Waals surface area contributed by atoms with E-state index in [2.05, 4.69) is 14.2 Å². The number of hydrogen-bond donors (Lipinski definition) is 8. The van der Waals surface area contributed by atoms with Gasteiger partial charge in [-0.05, 0) is 0 Å². The van der Waals surface area contributed by atoms with Gasteiger partial charge in [-0.1, -0.05) is 0 Å². The molecule has 22 heteroatoms. The zero-order valence-corrected chi connectivity index (χ0v) is 22.6. The summed E-state index contributed by atoms with van der Waals surface area (Å²) in [5.41, 5.74) is -1.74. The van der Waals surface area contributed by atoms with Gasteiger partial charge in [0.1, 0.15) is 42.7 Å². The van der Waals surface area contributed by atoms with Crippen LogP contribution < -0.4 is 16.6 Å². The van der Waals surface area contributed by atoms with Gasteiger partial charge in [-0.2, -0.15) is 4.31 Å². The molecule has 0 aliphatic carbocycles. The zero-order valence-electron chi connectivity index (χ0n) is 20.8. The Balaban J connectivity index is 1.67. The lowest BCUT2D eigenvalue weighted by molar-refractivity contribution is -0.253. The van der Waals surface area contributed by atoms with Crippen molar-refractivity contribution < 1.29 is 71.7 Å². The summed E-state index contributed by atoms with van der Waals surface area (Å²) in [7, 11) is -9.93. The number of nitrogens with zero attached hydrogens (tertiary/aromatic N) is 1. The molecule has 0 spiro atoms. The number of aliphatic hydroxyl groups is 4. The lowest BCUT2D eigenvalue weighted by Crippen LogP contribution is -2.64. The molecule has 40 heavy (non-hydrogen) atoms. The van der Waals surface area contributed by atoms with E-state index in [1.807, 2.05) is 4.98 Å². The van der Waals surface area contributed by atoms with Crippen molar-refractivity contribution in [1.82, 2.24) is 14.9 Å². The molecule has 0 bridgehead atoms. The van der Waals surface area contributed by atoms with Crippen LogP contribution in [0.25, 0.3) is 0 Å². The number of phosphoric ester groups is 2. The molecule has 2 aliphatic heterocycles. The van der Waals surface area contributed by atoms with Crippen LogP contribution in [-0.2, 0) is 41.5 Å². The van der Waals surface area contributed by atoms with E-state index in [1.165, 1.54) is 0 Å². The maximum Gasteiger partial charge on any atom is 0.483 e. The molecule has 11 unspecified atom stereocenters. The molecule has 3 heterocycles. The van der Waals surface area contributed by atoms with Crippen molar-refractivity contribution in [2.75, 3.05) is 20.3 Å². The second kappa shape index (κ2) is 13.0. The molecule has 3 rings (SSSR count). The number of carbonyl (C=O) groups excluding carboxylic acids is 1. The van der Waals surface area contributed by atoms with E-state index >= 15 is 0 Å². The average molecular weight is 621 g/mol. The van der Waals surface area contributed by atoms with Gasteiger partial charge in [0.25, 0.3) is 5.56 Å². The third kappa shape index (κ3) is 7.69. The van der Waals surface area contributed by atoms with E-state index in [0.29, 0.717) is 0 Å². The third-order valence-corrected chi connectivity index (χ3v) is 8.40. The largest absolute Gasteiger partial charge is 0.483 e. The number of hydrogen-bond acceptors (Lipinski definition) is 15.